The summed E-state index contributed by atoms with van der Waals surface area (Å²) < 4.78 is 1.97. The van der Waals surface area contributed by atoms with E-state index in [0.717, 1.165) is 38.2 Å². The number of piperidine rings is 1. The number of hydrogen-bond acceptors (Lipinski definition) is 4. The highest BCUT2D eigenvalue weighted by molar-refractivity contribution is 5.89. The predicted octanol–water partition coefficient (Wildman–Crippen LogP) is 1.57. The first-order chi connectivity index (χ1) is 13.2. The third-order valence-corrected chi connectivity index (χ3v) is 5.57. The fourth-order valence-corrected chi connectivity index (χ4v) is 4.04. The summed E-state index contributed by atoms with van der Waals surface area (Å²) in [6, 6.07) is 7.62. The minimum Gasteiger partial charge on any atom is -0.342 e. The molecule has 0 radical (unpaired) electrons. The van der Waals surface area contributed by atoms with Crippen molar-refractivity contribution in [2.24, 2.45) is 11.8 Å². The lowest BCUT2D eigenvalue weighted by atomic mass is 9.95. The number of likely N-dealkylation sites (tertiary alicyclic amines) is 2. The molecule has 0 N–H and O–H groups in total. The normalized spacial score (nSPS) is 21.0. The van der Waals surface area contributed by atoms with Crippen LogP contribution in [0.4, 0.5) is 0 Å². The molecule has 2 aromatic rings. The highest BCUT2D eigenvalue weighted by Gasteiger charge is 2.37. The summed E-state index contributed by atoms with van der Waals surface area (Å²) in [5, 5.41) is 4.27. The Bertz CT molecular complexity index is 769. The van der Waals surface area contributed by atoms with E-state index in [0.29, 0.717) is 25.4 Å². The average molecular weight is 367 g/mol. The fourth-order valence-electron chi connectivity index (χ4n) is 4.04. The zero-order valence-electron chi connectivity index (χ0n) is 15.4. The molecule has 2 aliphatic rings. The van der Waals surface area contributed by atoms with Gasteiger partial charge in [0.1, 0.15) is 0 Å². The van der Waals surface area contributed by atoms with Crippen LogP contribution in [0.1, 0.15) is 25.0 Å². The van der Waals surface area contributed by atoms with E-state index >= 15 is 0 Å². The van der Waals surface area contributed by atoms with Crippen molar-refractivity contribution in [2.75, 3.05) is 19.6 Å². The summed E-state index contributed by atoms with van der Waals surface area (Å²) in [7, 11) is 0. The van der Waals surface area contributed by atoms with Crippen molar-refractivity contribution < 1.29 is 9.59 Å². The van der Waals surface area contributed by atoms with E-state index in [1.54, 1.807) is 17.3 Å². The van der Waals surface area contributed by atoms with Crippen molar-refractivity contribution in [3.05, 3.63) is 48.5 Å². The quantitative estimate of drug-likeness (QED) is 0.804. The molecule has 0 aromatic carbocycles. The van der Waals surface area contributed by atoms with Gasteiger partial charge >= 0.3 is 0 Å². The van der Waals surface area contributed by atoms with Crippen LogP contribution in [-0.4, -0.2) is 56.0 Å². The minimum absolute atomic E-state index is 0.0487. The molecule has 2 amide bonds. The van der Waals surface area contributed by atoms with Crippen molar-refractivity contribution in [3.63, 3.8) is 0 Å². The number of carbonyl (C=O) groups excluding carboxylic acids is 2. The van der Waals surface area contributed by atoms with Gasteiger partial charge in [-0.3, -0.25) is 19.3 Å². The second kappa shape index (κ2) is 7.90. The first-order valence-electron chi connectivity index (χ1n) is 9.63. The van der Waals surface area contributed by atoms with Crippen LogP contribution in [0.3, 0.4) is 0 Å². The molecule has 7 heteroatoms. The maximum atomic E-state index is 12.9. The Kier molecular flexibility index (Phi) is 5.18. The molecule has 2 fully saturated rings. The van der Waals surface area contributed by atoms with E-state index in [1.807, 2.05) is 40.0 Å². The molecule has 2 aromatic heterocycles. The van der Waals surface area contributed by atoms with Crippen molar-refractivity contribution in [1.29, 1.82) is 0 Å². The van der Waals surface area contributed by atoms with Crippen molar-refractivity contribution >= 4 is 11.8 Å². The number of amides is 2. The molecule has 4 rings (SSSR count). The Morgan fingerprint density at radius 1 is 1.15 bits per heavy atom. The summed E-state index contributed by atoms with van der Waals surface area (Å²) in [6.07, 6.45) is 7.81. The van der Waals surface area contributed by atoms with E-state index in [-0.39, 0.29) is 17.7 Å². The van der Waals surface area contributed by atoms with E-state index in [2.05, 4.69) is 10.1 Å². The number of rotatable bonds is 5. The largest absolute Gasteiger partial charge is 0.342 e. The van der Waals surface area contributed by atoms with Gasteiger partial charge in [0.2, 0.25) is 11.8 Å². The fraction of sp³-hybridized carbons (Fsp3) is 0.500. The van der Waals surface area contributed by atoms with Crippen LogP contribution in [0.2, 0.25) is 0 Å². The second-order valence-corrected chi connectivity index (χ2v) is 7.49. The molecule has 7 nitrogen and oxygen atoms in total. The molecular formula is C20H25N5O2. The van der Waals surface area contributed by atoms with Gasteiger partial charge in [-0.2, -0.15) is 5.10 Å². The molecule has 0 spiro atoms. The Balaban J connectivity index is 1.28. The molecular weight excluding hydrogens is 342 g/mol. The number of aromatic nitrogens is 3. The van der Waals surface area contributed by atoms with Gasteiger partial charge in [0, 0.05) is 51.2 Å². The zero-order valence-corrected chi connectivity index (χ0v) is 15.4. The predicted molar refractivity (Wildman–Crippen MR) is 99.3 cm³/mol. The molecule has 0 saturated carbocycles. The summed E-state index contributed by atoms with van der Waals surface area (Å²) in [5.41, 5.74) is 0.860. The molecule has 142 valence electrons. The lowest BCUT2D eigenvalue weighted by molar-refractivity contribution is -0.137. The van der Waals surface area contributed by atoms with Gasteiger partial charge in [-0.25, -0.2) is 0 Å². The van der Waals surface area contributed by atoms with Crippen molar-refractivity contribution in [1.82, 2.24) is 24.6 Å². The van der Waals surface area contributed by atoms with Crippen LogP contribution in [0, 0.1) is 11.8 Å². The number of pyridine rings is 1. The standard InChI is InChI=1S/C20H25N5O2/c26-19-12-17(14-24(19)15-18-4-1-2-7-21-18)20(27)23-10-5-16(6-11-23)13-25-9-3-8-22-25/h1-4,7-9,16-17H,5-6,10-15H2/t17-/m0/s1. The van der Waals surface area contributed by atoms with Crippen LogP contribution in [0.25, 0.3) is 0 Å². The van der Waals surface area contributed by atoms with Crippen molar-refractivity contribution in [3.8, 4) is 0 Å². The molecule has 2 aliphatic heterocycles. The van der Waals surface area contributed by atoms with Gasteiger partial charge in [0.15, 0.2) is 0 Å². The summed E-state index contributed by atoms with van der Waals surface area (Å²) in [4.78, 5) is 33.2. The van der Waals surface area contributed by atoms with Gasteiger partial charge in [-0.15, -0.1) is 0 Å². The molecule has 0 unspecified atom stereocenters. The smallest absolute Gasteiger partial charge is 0.227 e. The number of hydrogen-bond donors (Lipinski definition) is 0. The van der Waals surface area contributed by atoms with Crippen LogP contribution in [0.15, 0.2) is 42.9 Å². The van der Waals surface area contributed by atoms with Gasteiger partial charge in [0.05, 0.1) is 18.2 Å². The molecule has 27 heavy (non-hydrogen) atoms. The SMILES string of the molecule is O=C1C[C@H](C(=O)N2CCC(Cn3cccn3)CC2)CN1Cc1ccccn1. The Labute approximate surface area is 159 Å². The molecule has 2 saturated heterocycles. The Morgan fingerprint density at radius 3 is 2.70 bits per heavy atom. The maximum Gasteiger partial charge on any atom is 0.227 e. The second-order valence-electron chi connectivity index (χ2n) is 7.49. The first-order valence-corrected chi connectivity index (χ1v) is 9.63. The lowest BCUT2D eigenvalue weighted by Crippen LogP contribution is -2.43. The average Bonchev–Trinajstić information content (AvgIpc) is 3.33. The van der Waals surface area contributed by atoms with E-state index in [9.17, 15) is 9.59 Å². The van der Waals surface area contributed by atoms with Crippen LogP contribution >= 0.6 is 0 Å². The number of nitrogens with zero attached hydrogens (tertiary/aromatic N) is 5. The molecule has 0 bridgehead atoms. The van der Waals surface area contributed by atoms with Gasteiger partial charge in [-0.05, 0) is 37.0 Å². The third kappa shape index (κ3) is 4.18. The summed E-state index contributed by atoms with van der Waals surface area (Å²) >= 11 is 0. The van der Waals surface area contributed by atoms with E-state index in [1.165, 1.54) is 0 Å². The van der Waals surface area contributed by atoms with Crippen LogP contribution in [-0.2, 0) is 22.7 Å². The highest BCUT2D eigenvalue weighted by atomic mass is 16.2. The van der Waals surface area contributed by atoms with Crippen LogP contribution in [0.5, 0.6) is 0 Å². The van der Waals surface area contributed by atoms with Gasteiger partial charge < -0.3 is 9.80 Å². The van der Waals surface area contributed by atoms with Gasteiger partial charge in [-0.1, -0.05) is 6.07 Å². The van der Waals surface area contributed by atoms with E-state index < -0.39 is 0 Å². The van der Waals surface area contributed by atoms with Crippen molar-refractivity contribution in [2.45, 2.75) is 32.4 Å². The van der Waals surface area contributed by atoms with Crippen LogP contribution < -0.4 is 0 Å². The Morgan fingerprint density at radius 2 is 2.00 bits per heavy atom. The first kappa shape index (κ1) is 17.7. The van der Waals surface area contributed by atoms with Gasteiger partial charge in [0.25, 0.3) is 0 Å². The molecule has 0 aliphatic carbocycles. The minimum atomic E-state index is -0.219. The Hall–Kier alpha value is -2.70. The maximum absolute atomic E-state index is 12.9. The molecule has 1 atom stereocenters. The zero-order chi connectivity index (χ0) is 18.6. The lowest BCUT2D eigenvalue weighted by Gasteiger charge is -2.33. The monoisotopic (exact) mass is 367 g/mol. The molecule has 4 heterocycles. The topological polar surface area (TPSA) is 71.3 Å². The number of carbonyl (C=O) groups is 2. The van der Waals surface area contributed by atoms with E-state index in [4.69, 9.17) is 0 Å². The highest BCUT2D eigenvalue weighted by Crippen LogP contribution is 2.25. The summed E-state index contributed by atoms with van der Waals surface area (Å²) in [5.74, 6) is 0.515. The summed E-state index contributed by atoms with van der Waals surface area (Å²) in [6.45, 7) is 3.44. The third-order valence-electron chi connectivity index (χ3n) is 5.57.